The Morgan fingerprint density at radius 1 is 1.26 bits per heavy atom. The smallest absolute Gasteiger partial charge is 0.128 e. The van der Waals surface area contributed by atoms with E-state index in [1.807, 2.05) is 18.2 Å². The van der Waals surface area contributed by atoms with Gasteiger partial charge in [0.2, 0.25) is 0 Å². The van der Waals surface area contributed by atoms with Crippen molar-refractivity contribution in [3.05, 3.63) is 58.4 Å². The van der Waals surface area contributed by atoms with Crippen molar-refractivity contribution in [1.29, 1.82) is 0 Å². The van der Waals surface area contributed by atoms with Crippen molar-refractivity contribution in [3.8, 4) is 0 Å². The fourth-order valence-corrected chi connectivity index (χ4v) is 2.42. The van der Waals surface area contributed by atoms with Gasteiger partial charge in [0.15, 0.2) is 0 Å². The van der Waals surface area contributed by atoms with E-state index in [1.54, 1.807) is 18.3 Å². The molecule has 0 amide bonds. The minimum atomic E-state index is -0.199. The molecule has 0 aliphatic carbocycles. The summed E-state index contributed by atoms with van der Waals surface area (Å²) < 4.78 is 14.4. The highest BCUT2D eigenvalue weighted by atomic mass is 79.9. The maximum absolute atomic E-state index is 13.5. The van der Waals surface area contributed by atoms with Crippen molar-refractivity contribution in [3.63, 3.8) is 0 Å². The molecule has 3 rings (SSSR count). The van der Waals surface area contributed by atoms with Crippen molar-refractivity contribution in [1.82, 2.24) is 10.2 Å². The molecule has 3 aromatic rings. The van der Waals surface area contributed by atoms with Gasteiger partial charge in [-0.1, -0.05) is 18.2 Å². The first kappa shape index (κ1) is 12.2. The van der Waals surface area contributed by atoms with E-state index in [2.05, 4.69) is 31.4 Å². The number of hydrogen-bond acceptors (Lipinski definition) is 2. The molecule has 1 heterocycles. The number of rotatable bonds is 3. The minimum Gasteiger partial charge on any atom is -0.380 e. The normalized spacial score (nSPS) is 10.8. The number of fused-ring (bicyclic) bond motifs is 1. The van der Waals surface area contributed by atoms with E-state index in [0.717, 1.165) is 21.1 Å². The quantitative estimate of drug-likeness (QED) is 0.763. The molecule has 1 aromatic heterocycles. The topological polar surface area (TPSA) is 40.7 Å². The minimum absolute atomic E-state index is 0.199. The average molecular weight is 320 g/mol. The third-order valence-electron chi connectivity index (χ3n) is 2.95. The second kappa shape index (κ2) is 5.01. The van der Waals surface area contributed by atoms with Crippen LogP contribution in [0.2, 0.25) is 0 Å². The predicted molar refractivity (Wildman–Crippen MR) is 77.5 cm³/mol. The van der Waals surface area contributed by atoms with Gasteiger partial charge in [0.25, 0.3) is 0 Å². The van der Waals surface area contributed by atoms with E-state index in [4.69, 9.17) is 0 Å². The Labute approximate surface area is 118 Å². The number of aromatic amines is 1. The Bertz CT molecular complexity index is 724. The molecule has 5 heteroatoms. The zero-order valence-corrected chi connectivity index (χ0v) is 11.5. The Morgan fingerprint density at radius 2 is 2.11 bits per heavy atom. The number of aromatic nitrogens is 2. The standard InChI is InChI=1S/C14H11BrFN3/c15-11-6-13-10(8-18-19-13)5-14(11)17-7-9-3-1-2-4-12(9)16/h1-6,8,17H,7H2,(H,18,19). The van der Waals surface area contributed by atoms with E-state index in [1.165, 1.54) is 6.07 Å². The van der Waals surface area contributed by atoms with Gasteiger partial charge in [0.05, 0.1) is 11.7 Å². The fraction of sp³-hybridized carbons (Fsp3) is 0.0714. The third-order valence-corrected chi connectivity index (χ3v) is 3.61. The zero-order valence-electron chi connectivity index (χ0n) is 9.95. The molecule has 96 valence electrons. The van der Waals surface area contributed by atoms with Crippen LogP contribution in [0.3, 0.4) is 0 Å². The second-order valence-electron chi connectivity index (χ2n) is 4.23. The lowest BCUT2D eigenvalue weighted by Gasteiger charge is -2.09. The molecule has 0 atom stereocenters. The van der Waals surface area contributed by atoms with Gasteiger partial charge >= 0.3 is 0 Å². The molecule has 19 heavy (non-hydrogen) atoms. The third kappa shape index (κ3) is 2.46. The molecule has 0 fully saturated rings. The Hall–Kier alpha value is -1.88. The van der Waals surface area contributed by atoms with Crippen molar-refractivity contribution in [2.45, 2.75) is 6.54 Å². The maximum Gasteiger partial charge on any atom is 0.128 e. The molecule has 0 radical (unpaired) electrons. The molecule has 0 spiro atoms. The largest absolute Gasteiger partial charge is 0.380 e. The first-order chi connectivity index (χ1) is 9.24. The van der Waals surface area contributed by atoms with Crippen LogP contribution in [0.4, 0.5) is 10.1 Å². The van der Waals surface area contributed by atoms with Gasteiger partial charge in [-0.3, -0.25) is 5.10 Å². The van der Waals surface area contributed by atoms with Gasteiger partial charge in [-0.15, -0.1) is 0 Å². The van der Waals surface area contributed by atoms with Gasteiger partial charge in [0.1, 0.15) is 5.82 Å². The number of halogens is 2. The highest BCUT2D eigenvalue weighted by Gasteiger charge is 2.05. The molecule has 0 aliphatic rings. The van der Waals surface area contributed by atoms with Crippen LogP contribution in [0.15, 0.2) is 47.1 Å². The number of H-pyrrole nitrogens is 1. The van der Waals surface area contributed by atoms with Crippen LogP contribution >= 0.6 is 15.9 Å². The summed E-state index contributed by atoms with van der Waals surface area (Å²) in [5.41, 5.74) is 2.52. The van der Waals surface area contributed by atoms with Crippen LogP contribution in [0.25, 0.3) is 10.9 Å². The van der Waals surface area contributed by atoms with Gasteiger partial charge in [0, 0.05) is 27.7 Å². The average Bonchev–Trinajstić information content (AvgIpc) is 2.84. The van der Waals surface area contributed by atoms with E-state index in [9.17, 15) is 4.39 Å². The molecule has 0 saturated heterocycles. The summed E-state index contributed by atoms with van der Waals surface area (Å²) in [6.07, 6.45) is 1.76. The van der Waals surface area contributed by atoms with Gasteiger partial charge in [-0.25, -0.2) is 4.39 Å². The lowest BCUT2D eigenvalue weighted by molar-refractivity contribution is 0.613. The molecule has 2 N–H and O–H groups in total. The van der Waals surface area contributed by atoms with E-state index in [-0.39, 0.29) is 5.82 Å². The van der Waals surface area contributed by atoms with Gasteiger partial charge < -0.3 is 5.32 Å². The first-order valence-electron chi connectivity index (χ1n) is 5.84. The molecule has 0 saturated carbocycles. The molecular weight excluding hydrogens is 309 g/mol. The van der Waals surface area contributed by atoms with Crippen LogP contribution in [0.1, 0.15) is 5.56 Å². The molecule has 2 aromatic carbocycles. The first-order valence-corrected chi connectivity index (χ1v) is 6.63. The van der Waals surface area contributed by atoms with Gasteiger partial charge in [-0.05, 0) is 34.1 Å². The number of nitrogens with one attached hydrogen (secondary N) is 2. The lowest BCUT2D eigenvalue weighted by Crippen LogP contribution is -2.02. The summed E-state index contributed by atoms with van der Waals surface area (Å²) in [5.74, 6) is -0.199. The summed E-state index contributed by atoms with van der Waals surface area (Å²) in [7, 11) is 0. The van der Waals surface area contributed by atoms with Crippen LogP contribution in [0.5, 0.6) is 0 Å². The van der Waals surface area contributed by atoms with Crippen LogP contribution in [-0.4, -0.2) is 10.2 Å². The van der Waals surface area contributed by atoms with E-state index >= 15 is 0 Å². The Kier molecular flexibility index (Phi) is 3.21. The van der Waals surface area contributed by atoms with Crippen molar-refractivity contribution in [2.75, 3.05) is 5.32 Å². The van der Waals surface area contributed by atoms with E-state index in [0.29, 0.717) is 12.1 Å². The van der Waals surface area contributed by atoms with E-state index < -0.39 is 0 Å². The summed E-state index contributed by atoms with van der Waals surface area (Å²) in [6, 6.07) is 10.7. The van der Waals surface area contributed by atoms with Crippen molar-refractivity contribution in [2.24, 2.45) is 0 Å². The molecular formula is C14H11BrFN3. The van der Waals surface area contributed by atoms with Crippen molar-refractivity contribution >= 4 is 32.5 Å². The van der Waals surface area contributed by atoms with Crippen LogP contribution in [0, 0.1) is 5.82 Å². The number of benzene rings is 2. The summed E-state index contributed by atoms with van der Waals surface area (Å²) in [4.78, 5) is 0. The monoisotopic (exact) mass is 319 g/mol. The predicted octanol–water partition coefficient (Wildman–Crippen LogP) is 4.08. The highest BCUT2D eigenvalue weighted by molar-refractivity contribution is 9.10. The molecule has 3 nitrogen and oxygen atoms in total. The highest BCUT2D eigenvalue weighted by Crippen LogP contribution is 2.28. The fourth-order valence-electron chi connectivity index (χ4n) is 1.93. The zero-order chi connectivity index (χ0) is 13.2. The number of hydrogen-bond donors (Lipinski definition) is 2. The number of anilines is 1. The number of nitrogens with zero attached hydrogens (tertiary/aromatic N) is 1. The Morgan fingerprint density at radius 3 is 2.95 bits per heavy atom. The summed E-state index contributed by atoms with van der Waals surface area (Å²) >= 11 is 3.49. The molecule has 0 unspecified atom stereocenters. The Balaban J connectivity index is 1.85. The maximum atomic E-state index is 13.5. The van der Waals surface area contributed by atoms with Gasteiger partial charge in [-0.2, -0.15) is 5.10 Å². The van der Waals surface area contributed by atoms with Crippen molar-refractivity contribution < 1.29 is 4.39 Å². The molecule has 0 aliphatic heterocycles. The molecule has 0 bridgehead atoms. The second-order valence-corrected chi connectivity index (χ2v) is 5.09. The van der Waals surface area contributed by atoms with Crippen LogP contribution < -0.4 is 5.32 Å². The summed E-state index contributed by atoms with van der Waals surface area (Å²) in [6.45, 7) is 0.439. The SMILES string of the molecule is Fc1ccccc1CNc1cc2cn[nH]c2cc1Br. The van der Waals surface area contributed by atoms with Crippen LogP contribution in [-0.2, 0) is 6.54 Å². The lowest BCUT2D eigenvalue weighted by atomic mass is 10.2. The summed E-state index contributed by atoms with van der Waals surface area (Å²) in [5, 5.41) is 11.1.